The third kappa shape index (κ3) is 24.7. The summed E-state index contributed by atoms with van der Waals surface area (Å²) in [5.41, 5.74) is 11.4. The van der Waals surface area contributed by atoms with Crippen molar-refractivity contribution in [1.82, 2.24) is 15.1 Å². The van der Waals surface area contributed by atoms with Crippen LogP contribution in [0.3, 0.4) is 0 Å². The number of halogens is 4. The molecule has 13 atom stereocenters. The molecule has 10 rings (SSSR count). The molecule has 0 saturated carbocycles. The third-order valence-electron chi connectivity index (χ3n) is 17.0. The molecule has 0 aliphatic carbocycles. The first-order valence-corrected chi connectivity index (χ1v) is 42.8. The molecule has 2 fully saturated rings. The van der Waals surface area contributed by atoms with E-state index in [1.54, 1.807) is 36.4 Å². The molecule has 2 aliphatic heterocycles. The van der Waals surface area contributed by atoms with Crippen molar-refractivity contribution < 1.29 is 77.2 Å². The number of carbonyl (C=O) groups is 2. The van der Waals surface area contributed by atoms with E-state index >= 15 is 0 Å². The van der Waals surface area contributed by atoms with Crippen LogP contribution in [0.5, 0.6) is 0 Å². The van der Waals surface area contributed by atoms with Gasteiger partial charge in [-0.25, -0.2) is 50.9 Å². The Kier molecular flexibility index (Phi) is 30.7. The lowest BCUT2D eigenvalue weighted by Gasteiger charge is -2.26. The number of nitrogens with two attached hydrogens (primary N) is 1. The van der Waals surface area contributed by atoms with Gasteiger partial charge < -0.3 is 26.4 Å². The summed E-state index contributed by atoms with van der Waals surface area (Å²) >= 11 is 8.67. The number of hydrogen-bond donors (Lipinski definition) is 5. The number of aliphatic hydroxyl groups is 3. The van der Waals surface area contributed by atoms with Crippen molar-refractivity contribution in [3.63, 3.8) is 0 Å². The minimum absolute atomic E-state index is 0. The predicted molar refractivity (Wildman–Crippen MR) is 399 cm³/mol. The Labute approximate surface area is 613 Å². The van der Waals surface area contributed by atoms with Crippen molar-refractivity contribution in [3.05, 3.63) is 257 Å². The van der Waals surface area contributed by atoms with Crippen LogP contribution in [-0.4, -0.2) is 171 Å². The van der Waals surface area contributed by atoms with Crippen LogP contribution < -0.4 is 11.1 Å². The van der Waals surface area contributed by atoms with Gasteiger partial charge in [-0.3, -0.25) is 19.4 Å². The molecule has 2 aliphatic rings. The maximum absolute atomic E-state index is 13.4. The molecule has 19 nitrogen and oxygen atoms in total. The van der Waals surface area contributed by atoms with Gasteiger partial charge in [-0.2, -0.15) is 0 Å². The van der Waals surface area contributed by atoms with E-state index in [1.807, 2.05) is 73.7 Å². The third-order valence-corrected chi connectivity index (χ3v) is 24.0. The first-order valence-electron chi connectivity index (χ1n) is 31.9. The van der Waals surface area contributed by atoms with Crippen LogP contribution in [0.2, 0.25) is 0 Å². The van der Waals surface area contributed by atoms with E-state index < -0.39 is 97.8 Å². The van der Waals surface area contributed by atoms with Crippen molar-refractivity contribution >= 4 is 88.3 Å². The Morgan fingerprint density at radius 2 is 0.814 bits per heavy atom. The average Bonchev–Trinajstić information content (AvgIpc) is 1.64. The molecule has 6 N–H and O–H groups in total. The Morgan fingerprint density at radius 3 is 1.17 bits per heavy atom. The van der Waals surface area contributed by atoms with Crippen LogP contribution in [0, 0.1) is 0 Å². The summed E-state index contributed by atoms with van der Waals surface area (Å²) < 4.78 is 139. The topological polar surface area (TPSA) is 310 Å². The number of rotatable bonds is 25. The molecule has 0 amide bonds. The molecule has 102 heavy (non-hydrogen) atoms. The molecule has 3 unspecified atom stereocenters. The molecule has 552 valence electrons. The lowest BCUT2D eigenvalue weighted by atomic mass is 10.0. The zero-order valence-electron chi connectivity index (χ0n) is 57.4. The first kappa shape index (κ1) is 84.1. The number of nitrogens with one attached hydrogen (secondary N) is 1. The predicted octanol–water partition coefficient (Wildman–Crippen LogP) is 11.0. The second-order valence-electron chi connectivity index (χ2n) is 24.8. The SMILES string of the molecule is CS(=O)(=O)c1ccc(C(=O)C(Br)CCl)cc1.CS(=O)(=O)c1ccc([C@H](O)[C@H](N)CF)cc1.C[C@@H](c1ccccc1)N1C[C@@H]1C(=O)c1ccc(S(C)(=O)=O)cc1.C[C@@H](c1ccccc1)N1C[C@@H]1[C@@H](O)c1ccc(S(C)(=O)=O)cc1.C[C@H](N[C@H](CF)[C@@H](O)c1ccc(S(C)(=O)=O)cc1)c1ccccc1.[HH]. The van der Waals surface area contributed by atoms with Gasteiger partial charge in [0.15, 0.2) is 60.8 Å². The highest BCUT2D eigenvalue weighted by atomic mass is 79.9. The fourth-order valence-electron chi connectivity index (χ4n) is 10.6. The second kappa shape index (κ2) is 37.3. The molecule has 8 aromatic carbocycles. The summed E-state index contributed by atoms with van der Waals surface area (Å²) in [6.45, 7) is 6.12. The van der Waals surface area contributed by atoms with Gasteiger partial charge in [0.25, 0.3) is 0 Å². The van der Waals surface area contributed by atoms with E-state index in [2.05, 4.69) is 69.2 Å². The molecule has 28 heteroatoms. The molecule has 2 heterocycles. The highest BCUT2D eigenvalue weighted by Gasteiger charge is 2.45. The van der Waals surface area contributed by atoms with E-state index in [9.17, 15) is 75.8 Å². The molecule has 0 aromatic heterocycles. The zero-order valence-corrected chi connectivity index (χ0v) is 63.8. The number of nitrogens with zero attached hydrogens (tertiary/aromatic N) is 2. The number of benzene rings is 8. The van der Waals surface area contributed by atoms with E-state index in [0.717, 1.165) is 49.2 Å². The minimum atomic E-state index is -3.30. The van der Waals surface area contributed by atoms with Crippen molar-refractivity contribution in [2.24, 2.45) is 5.73 Å². The highest BCUT2D eigenvalue weighted by molar-refractivity contribution is 9.10. The van der Waals surface area contributed by atoms with Gasteiger partial charge >= 0.3 is 0 Å². The number of ketones is 2. The Morgan fingerprint density at radius 1 is 0.480 bits per heavy atom. The summed E-state index contributed by atoms with van der Waals surface area (Å²) in [5, 5.41) is 33.6. The Bertz CT molecular complexity index is 4640. The quantitative estimate of drug-likeness (QED) is 0.0202. The molecule has 2 saturated heterocycles. The first-order chi connectivity index (χ1) is 47.8. The fraction of sp³-hybridized carbons (Fsp3) is 0.324. The summed E-state index contributed by atoms with van der Waals surface area (Å²) in [6.07, 6.45) is 2.87. The highest BCUT2D eigenvalue weighted by Crippen LogP contribution is 2.39. The zero-order chi connectivity index (χ0) is 75.7. The Hall–Kier alpha value is -6.80. The monoisotopic (exact) mass is 1580 g/mol. The van der Waals surface area contributed by atoms with Gasteiger partial charge in [0.1, 0.15) is 13.3 Å². The van der Waals surface area contributed by atoms with Gasteiger partial charge in [0.05, 0.1) is 71.8 Å². The maximum Gasteiger partial charge on any atom is 0.181 e. The molecule has 8 aromatic rings. The fourth-order valence-corrected chi connectivity index (χ4v) is 14.2. The summed E-state index contributed by atoms with van der Waals surface area (Å²) in [5.74, 6) is 0.0648. The molecule has 0 radical (unpaired) electrons. The molecular weight excluding hydrogens is 1500 g/mol. The number of hydrogen-bond acceptors (Lipinski definition) is 19. The number of sulfone groups is 5. The van der Waals surface area contributed by atoms with Crippen LogP contribution >= 0.6 is 27.5 Å². The lowest BCUT2D eigenvalue weighted by molar-refractivity contribution is 0.0967. The average molecular weight is 1590 g/mol. The molecule has 0 bridgehead atoms. The van der Waals surface area contributed by atoms with Crippen LogP contribution in [0.15, 0.2) is 237 Å². The van der Waals surface area contributed by atoms with E-state index in [4.69, 9.17) is 17.3 Å². The van der Waals surface area contributed by atoms with Crippen molar-refractivity contribution in [2.75, 3.05) is 63.6 Å². The van der Waals surface area contributed by atoms with Gasteiger partial charge in [-0.1, -0.05) is 168 Å². The van der Waals surface area contributed by atoms with E-state index in [1.165, 1.54) is 102 Å². The number of aliphatic hydroxyl groups excluding tert-OH is 3. The van der Waals surface area contributed by atoms with Crippen LogP contribution in [-0.2, 0) is 49.2 Å². The molecular formula is C74H88BrClF2N4O15S5. The number of Topliss-reactive ketones (excluding diaryl/α,β-unsaturated/α-hetero) is 2. The van der Waals surface area contributed by atoms with Crippen molar-refractivity contribution in [2.45, 2.75) is 111 Å². The van der Waals surface area contributed by atoms with Crippen molar-refractivity contribution in [1.29, 1.82) is 0 Å². The van der Waals surface area contributed by atoms with Crippen LogP contribution in [0.4, 0.5) is 8.78 Å². The largest absolute Gasteiger partial charge is 0.387 e. The van der Waals surface area contributed by atoms with Crippen LogP contribution in [0.25, 0.3) is 0 Å². The Balaban J connectivity index is 0.000000233. The van der Waals surface area contributed by atoms with Gasteiger partial charge in [-0.15, -0.1) is 11.6 Å². The molecule has 0 spiro atoms. The van der Waals surface area contributed by atoms with Gasteiger partial charge in [-0.05, 0) is 115 Å². The standard InChI is InChI=1S/C18H22FNO3S.C18H21NO3S.C18H19NO3S.C10H10BrClO3S.C10H14FNO3S.H2/c1-13(14-6-4-3-5-7-14)20-17(12-19)18(21)15-8-10-16(11-9-15)24(2,22)23;2*1-13(14-6-4-3-5-7-14)19-12-17(19)18(20)15-8-10-16(11-9-15)23(2,21)22;1-16(14,15)8-4-2-7(3-5-8)10(13)9(11)6-12;1-16(14,15)8-4-2-7(3-5-8)10(13)9(12)6-11;/h3-11,13,17-18,20-21H,12H2,1-2H3;3-11,13,17-18,20H,12H2,1-2H3;3-11,13,17H,12H2,1-2H3;2-5,9H,6H2,1H3;2-5,9-10,13H,6,12H2,1H3;1H/t13-,17+,18-;13-,17+,18-,19?;13-,17+,19?;;9-,10+;/m000.1./s1. The lowest BCUT2D eigenvalue weighted by Crippen LogP contribution is -2.38. The minimum Gasteiger partial charge on any atom is -0.387 e. The summed E-state index contributed by atoms with van der Waals surface area (Å²) in [7, 11) is -16.2. The smallest absolute Gasteiger partial charge is 0.181 e. The van der Waals surface area contributed by atoms with Gasteiger partial charge in [0.2, 0.25) is 0 Å². The maximum atomic E-state index is 13.4. The normalized spacial score (nSPS) is 18.4. The number of carbonyl (C=O) groups excluding carboxylic acids is 2. The summed E-state index contributed by atoms with van der Waals surface area (Å²) in [4.78, 5) is 29.1. The van der Waals surface area contributed by atoms with Crippen molar-refractivity contribution in [3.8, 4) is 0 Å². The number of alkyl halides is 4. The van der Waals surface area contributed by atoms with E-state index in [-0.39, 0.29) is 73.6 Å². The second-order valence-corrected chi connectivity index (χ2v) is 36.3. The van der Waals surface area contributed by atoms with Gasteiger partial charge in [0, 0.05) is 80.9 Å². The van der Waals surface area contributed by atoms with Crippen LogP contribution in [0.1, 0.15) is 113 Å². The van der Waals surface area contributed by atoms with E-state index in [0.29, 0.717) is 22.3 Å². The summed E-state index contributed by atoms with van der Waals surface area (Å²) in [6, 6.07) is 58.3.